The fourth-order valence-corrected chi connectivity index (χ4v) is 1.61. The van der Waals surface area contributed by atoms with Crippen LogP contribution in [0.2, 0.25) is 0 Å². The molecule has 88 valence electrons. The van der Waals surface area contributed by atoms with Gasteiger partial charge in [0.15, 0.2) is 6.10 Å². The van der Waals surface area contributed by atoms with Crippen LogP contribution in [0.1, 0.15) is 32.6 Å². The Bertz CT molecular complexity index is 189. The van der Waals surface area contributed by atoms with Gasteiger partial charge in [0.25, 0.3) is 0 Å². The molecule has 0 heterocycles. The first kappa shape index (κ1) is 12.5. The summed E-state index contributed by atoms with van der Waals surface area (Å²) in [6.45, 7) is 3.00. The maximum atomic E-state index is 10.7. The largest absolute Gasteiger partial charge is 0.479 e. The van der Waals surface area contributed by atoms with Crippen LogP contribution in [0.4, 0.5) is 0 Å². The van der Waals surface area contributed by atoms with Crippen LogP contribution in [0.15, 0.2) is 0 Å². The molecule has 1 rings (SSSR count). The lowest BCUT2D eigenvalue weighted by molar-refractivity contribution is -0.154. The predicted molar refractivity (Wildman–Crippen MR) is 55.8 cm³/mol. The van der Waals surface area contributed by atoms with Gasteiger partial charge in [-0.1, -0.05) is 19.3 Å². The second-order valence-corrected chi connectivity index (χ2v) is 3.94. The summed E-state index contributed by atoms with van der Waals surface area (Å²) in [5, 5.41) is 8.77. The molecule has 1 aliphatic carbocycles. The molecule has 0 bridgehead atoms. The Morgan fingerprint density at radius 3 is 2.73 bits per heavy atom. The van der Waals surface area contributed by atoms with E-state index in [0.29, 0.717) is 13.2 Å². The summed E-state index contributed by atoms with van der Waals surface area (Å²) in [4.78, 5) is 10.7. The molecule has 0 amide bonds. The van der Waals surface area contributed by atoms with Gasteiger partial charge < -0.3 is 14.6 Å². The number of rotatable bonds is 8. The lowest BCUT2D eigenvalue weighted by Gasteiger charge is -2.25. The molecule has 1 atom stereocenters. The highest BCUT2D eigenvalue weighted by atomic mass is 16.5. The fourth-order valence-electron chi connectivity index (χ4n) is 1.61. The van der Waals surface area contributed by atoms with Crippen molar-refractivity contribution in [3.8, 4) is 0 Å². The van der Waals surface area contributed by atoms with Gasteiger partial charge in [-0.3, -0.25) is 0 Å². The Hall–Kier alpha value is -0.610. The minimum Gasteiger partial charge on any atom is -0.479 e. The molecular formula is C11H20O4. The van der Waals surface area contributed by atoms with E-state index in [1.807, 2.05) is 0 Å². The molecule has 0 aromatic rings. The second kappa shape index (κ2) is 6.80. The number of aliphatic carboxylic acids is 1. The Morgan fingerprint density at radius 2 is 2.27 bits per heavy atom. The molecule has 0 spiro atoms. The van der Waals surface area contributed by atoms with Gasteiger partial charge in [0, 0.05) is 13.2 Å². The van der Waals surface area contributed by atoms with Crippen LogP contribution in [-0.2, 0) is 14.3 Å². The van der Waals surface area contributed by atoms with E-state index in [-0.39, 0.29) is 6.61 Å². The number of carbonyl (C=O) groups is 1. The van der Waals surface area contributed by atoms with Gasteiger partial charge in [0.1, 0.15) is 0 Å². The van der Waals surface area contributed by atoms with Crippen LogP contribution in [-0.4, -0.2) is 37.0 Å². The van der Waals surface area contributed by atoms with E-state index in [1.54, 1.807) is 6.92 Å². The molecule has 1 fully saturated rings. The zero-order chi connectivity index (χ0) is 11.1. The predicted octanol–water partition coefficient (Wildman–Crippen LogP) is 1.68. The van der Waals surface area contributed by atoms with E-state index in [4.69, 9.17) is 14.6 Å². The average molecular weight is 216 g/mol. The summed E-state index contributed by atoms with van der Waals surface area (Å²) in [7, 11) is 0. The van der Waals surface area contributed by atoms with Crippen molar-refractivity contribution in [1.82, 2.24) is 0 Å². The van der Waals surface area contributed by atoms with Crippen LogP contribution in [0.25, 0.3) is 0 Å². The maximum Gasteiger partial charge on any atom is 0.335 e. The van der Waals surface area contributed by atoms with E-state index in [0.717, 1.165) is 12.3 Å². The summed E-state index contributed by atoms with van der Waals surface area (Å²) >= 11 is 0. The SMILES string of the molecule is CCOC(COCCC1CCC1)C(=O)O. The van der Waals surface area contributed by atoms with Crippen molar-refractivity contribution in [3.63, 3.8) is 0 Å². The van der Waals surface area contributed by atoms with E-state index in [1.165, 1.54) is 19.3 Å². The van der Waals surface area contributed by atoms with Crippen molar-refractivity contribution in [1.29, 1.82) is 0 Å². The van der Waals surface area contributed by atoms with Crippen molar-refractivity contribution in [2.24, 2.45) is 5.92 Å². The summed E-state index contributed by atoms with van der Waals surface area (Å²) in [6, 6.07) is 0. The zero-order valence-corrected chi connectivity index (χ0v) is 9.28. The molecule has 4 heteroatoms. The molecule has 15 heavy (non-hydrogen) atoms. The van der Waals surface area contributed by atoms with E-state index in [2.05, 4.69) is 0 Å². The van der Waals surface area contributed by atoms with Gasteiger partial charge >= 0.3 is 5.97 Å². The Labute approximate surface area is 90.6 Å². The molecule has 1 N–H and O–H groups in total. The summed E-state index contributed by atoms with van der Waals surface area (Å²) < 4.78 is 10.3. The molecule has 0 radical (unpaired) electrons. The third-order valence-corrected chi connectivity index (χ3v) is 2.81. The monoisotopic (exact) mass is 216 g/mol. The Morgan fingerprint density at radius 1 is 1.53 bits per heavy atom. The van der Waals surface area contributed by atoms with Crippen LogP contribution in [0.3, 0.4) is 0 Å². The van der Waals surface area contributed by atoms with E-state index < -0.39 is 12.1 Å². The molecule has 4 nitrogen and oxygen atoms in total. The topological polar surface area (TPSA) is 55.8 Å². The van der Waals surface area contributed by atoms with Crippen LogP contribution >= 0.6 is 0 Å². The van der Waals surface area contributed by atoms with Gasteiger partial charge in [-0.25, -0.2) is 4.79 Å². The molecule has 0 aliphatic heterocycles. The first-order chi connectivity index (χ1) is 7.24. The lowest BCUT2D eigenvalue weighted by Crippen LogP contribution is -2.29. The molecule has 0 aromatic carbocycles. The number of hydrogen-bond donors (Lipinski definition) is 1. The van der Waals surface area contributed by atoms with E-state index in [9.17, 15) is 4.79 Å². The summed E-state index contributed by atoms with van der Waals surface area (Å²) in [5.74, 6) is -0.138. The number of hydrogen-bond acceptors (Lipinski definition) is 3. The lowest BCUT2D eigenvalue weighted by atomic mass is 9.83. The highest BCUT2D eigenvalue weighted by Crippen LogP contribution is 2.29. The number of ether oxygens (including phenoxy) is 2. The maximum absolute atomic E-state index is 10.7. The van der Waals surface area contributed by atoms with Crippen LogP contribution in [0.5, 0.6) is 0 Å². The molecule has 1 unspecified atom stereocenters. The van der Waals surface area contributed by atoms with Gasteiger partial charge in [-0.05, 0) is 19.3 Å². The highest BCUT2D eigenvalue weighted by molar-refractivity contribution is 5.72. The molecule has 1 saturated carbocycles. The van der Waals surface area contributed by atoms with Gasteiger partial charge in [-0.2, -0.15) is 0 Å². The Kier molecular flexibility index (Phi) is 5.65. The standard InChI is InChI=1S/C11H20O4/c1-2-15-10(11(12)13)8-14-7-6-9-4-3-5-9/h9-10H,2-8H2,1H3,(H,12,13). The Balaban J connectivity index is 2.02. The highest BCUT2D eigenvalue weighted by Gasteiger charge is 2.19. The van der Waals surface area contributed by atoms with Gasteiger partial charge in [0.2, 0.25) is 0 Å². The summed E-state index contributed by atoms with van der Waals surface area (Å²) in [6.07, 6.45) is 4.19. The molecule has 1 aliphatic rings. The second-order valence-electron chi connectivity index (χ2n) is 3.94. The van der Waals surface area contributed by atoms with Crippen molar-refractivity contribution in [2.45, 2.75) is 38.7 Å². The van der Waals surface area contributed by atoms with E-state index >= 15 is 0 Å². The third-order valence-electron chi connectivity index (χ3n) is 2.81. The minimum absolute atomic E-state index is 0.163. The fraction of sp³-hybridized carbons (Fsp3) is 0.909. The van der Waals surface area contributed by atoms with Crippen LogP contribution < -0.4 is 0 Å². The molecule has 0 aromatic heterocycles. The van der Waals surface area contributed by atoms with Crippen molar-refractivity contribution in [3.05, 3.63) is 0 Å². The van der Waals surface area contributed by atoms with Gasteiger partial charge in [-0.15, -0.1) is 0 Å². The zero-order valence-electron chi connectivity index (χ0n) is 9.28. The first-order valence-corrected chi connectivity index (χ1v) is 5.66. The number of carboxylic acids is 1. The smallest absolute Gasteiger partial charge is 0.335 e. The number of carboxylic acid groups (broad SMARTS) is 1. The quantitative estimate of drug-likeness (QED) is 0.627. The van der Waals surface area contributed by atoms with Crippen molar-refractivity contribution >= 4 is 5.97 Å². The normalized spacial score (nSPS) is 18.5. The van der Waals surface area contributed by atoms with Crippen molar-refractivity contribution < 1.29 is 19.4 Å². The first-order valence-electron chi connectivity index (χ1n) is 5.66. The molecule has 0 saturated heterocycles. The minimum atomic E-state index is -0.944. The summed E-state index contributed by atoms with van der Waals surface area (Å²) in [5.41, 5.74) is 0. The average Bonchev–Trinajstić information content (AvgIpc) is 2.12. The van der Waals surface area contributed by atoms with Crippen molar-refractivity contribution in [2.75, 3.05) is 19.8 Å². The van der Waals surface area contributed by atoms with Crippen LogP contribution in [0, 0.1) is 5.92 Å². The molecular weight excluding hydrogens is 196 g/mol. The third kappa shape index (κ3) is 4.62. The van der Waals surface area contributed by atoms with Gasteiger partial charge in [0.05, 0.1) is 6.61 Å².